The van der Waals surface area contributed by atoms with Crippen molar-refractivity contribution in [1.82, 2.24) is 15.0 Å². The van der Waals surface area contributed by atoms with E-state index in [2.05, 4.69) is 32.5 Å². The summed E-state index contributed by atoms with van der Waals surface area (Å²) in [5.74, 6) is 0.495. The molecule has 0 fully saturated rings. The van der Waals surface area contributed by atoms with Gasteiger partial charge in [0.1, 0.15) is 5.82 Å². The van der Waals surface area contributed by atoms with Crippen LogP contribution in [0.5, 0.6) is 0 Å². The SMILES string of the molecule is Cc1nc(N)c(Cc2nc(-c3ccccc3)cs2)nc1C. The molecule has 3 aromatic rings. The van der Waals surface area contributed by atoms with Crippen molar-refractivity contribution in [3.8, 4) is 11.3 Å². The zero-order valence-electron chi connectivity index (χ0n) is 12.0. The highest BCUT2D eigenvalue weighted by atomic mass is 32.1. The second kappa shape index (κ2) is 5.61. The van der Waals surface area contributed by atoms with Gasteiger partial charge in [-0.3, -0.25) is 4.98 Å². The standard InChI is InChI=1S/C16H16N4S/c1-10-11(2)19-16(17)13(18-10)8-15-20-14(9-21-15)12-6-4-3-5-7-12/h3-7,9H,8H2,1-2H3,(H2,17,19). The maximum atomic E-state index is 5.96. The molecule has 0 amide bonds. The fourth-order valence-electron chi connectivity index (χ4n) is 2.07. The topological polar surface area (TPSA) is 64.7 Å². The first kappa shape index (κ1) is 13.7. The summed E-state index contributed by atoms with van der Waals surface area (Å²) < 4.78 is 0. The van der Waals surface area contributed by atoms with E-state index in [0.29, 0.717) is 12.2 Å². The molecule has 0 aliphatic rings. The third-order valence-electron chi connectivity index (χ3n) is 3.35. The largest absolute Gasteiger partial charge is 0.382 e. The molecule has 2 N–H and O–H groups in total. The zero-order chi connectivity index (χ0) is 14.8. The number of nitrogens with two attached hydrogens (primary N) is 1. The van der Waals surface area contributed by atoms with Crippen LogP contribution in [0.15, 0.2) is 35.7 Å². The molecule has 0 unspecified atom stereocenters. The summed E-state index contributed by atoms with van der Waals surface area (Å²) in [5, 5.41) is 3.06. The number of rotatable bonds is 3. The maximum Gasteiger partial charge on any atom is 0.145 e. The molecule has 0 aliphatic heterocycles. The number of benzene rings is 1. The van der Waals surface area contributed by atoms with Gasteiger partial charge in [0.05, 0.1) is 27.8 Å². The highest BCUT2D eigenvalue weighted by Gasteiger charge is 2.10. The predicted octanol–water partition coefficient (Wildman–Crippen LogP) is 3.39. The minimum absolute atomic E-state index is 0.495. The number of hydrogen-bond donors (Lipinski definition) is 1. The Kier molecular flexibility index (Phi) is 3.66. The van der Waals surface area contributed by atoms with E-state index in [4.69, 9.17) is 5.73 Å². The second-order valence-corrected chi connectivity index (χ2v) is 5.84. The summed E-state index contributed by atoms with van der Waals surface area (Å²) >= 11 is 1.62. The molecule has 2 aromatic heterocycles. The lowest BCUT2D eigenvalue weighted by Gasteiger charge is -2.05. The quantitative estimate of drug-likeness (QED) is 0.804. The molecule has 106 valence electrons. The molecule has 0 radical (unpaired) electrons. The third kappa shape index (κ3) is 2.92. The Morgan fingerprint density at radius 3 is 2.48 bits per heavy atom. The van der Waals surface area contributed by atoms with Crippen LogP contribution < -0.4 is 5.73 Å². The summed E-state index contributed by atoms with van der Waals surface area (Å²) in [4.78, 5) is 13.5. The van der Waals surface area contributed by atoms with Crippen molar-refractivity contribution in [3.63, 3.8) is 0 Å². The molecule has 3 rings (SSSR count). The Hall–Kier alpha value is -2.27. The highest BCUT2D eigenvalue weighted by molar-refractivity contribution is 7.10. The molecule has 5 heteroatoms. The Morgan fingerprint density at radius 1 is 1.00 bits per heavy atom. The summed E-state index contributed by atoms with van der Waals surface area (Å²) in [5.41, 5.74) is 10.7. The van der Waals surface area contributed by atoms with Gasteiger partial charge in [-0.1, -0.05) is 30.3 Å². The van der Waals surface area contributed by atoms with Crippen molar-refractivity contribution in [1.29, 1.82) is 0 Å². The number of aromatic nitrogens is 3. The molecule has 0 atom stereocenters. The smallest absolute Gasteiger partial charge is 0.145 e. The van der Waals surface area contributed by atoms with Gasteiger partial charge >= 0.3 is 0 Å². The van der Waals surface area contributed by atoms with Crippen LogP contribution in [0.1, 0.15) is 22.1 Å². The van der Waals surface area contributed by atoms with Crippen LogP contribution in [0.3, 0.4) is 0 Å². The third-order valence-corrected chi connectivity index (χ3v) is 4.20. The monoisotopic (exact) mass is 296 g/mol. The fourth-order valence-corrected chi connectivity index (χ4v) is 2.88. The van der Waals surface area contributed by atoms with E-state index in [1.54, 1.807) is 11.3 Å². The van der Waals surface area contributed by atoms with E-state index in [9.17, 15) is 0 Å². The van der Waals surface area contributed by atoms with E-state index in [-0.39, 0.29) is 0 Å². The van der Waals surface area contributed by atoms with Gasteiger partial charge in [0.15, 0.2) is 0 Å². The van der Waals surface area contributed by atoms with Gasteiger partial charge in [-0.2, -0.15) is 0 Å². The first-order valence-corrected chi connectivity index (χ1v) is 7.61. The van der Waals surface area contributed by atoms with Gasteiger partial charge in [0.25, 0.3) is 0 Å². The number of thiazole rings is 1. The van der Waals surface area contributed by atoms with Crippen molar-refractivity contribution in [2.24, 2.45) is 0 Å². The van der Waals surface area contributed by atoms with E-state index in [1.165, 1.54) is 0 Å². The average molecular weight is 296 g/mol. The molecule has 0 spiro atoms. The predicted molar refractivity (Wildman–Crippen MR) is 86.3 cm³/mol. The van der Waals surface area contributed by atoms with Gasteiger partial charge in [-0.15, -0.1) is 11.3 Å². The van der Waals surface area contributed by atoms with Gasteiger partial charge in [0.2, 0.25) is 0 Å². The van der Waals surface area contributed by atoms with Gasteiger partial charge in [-0.25, -0.2) is 9.97 Å². The maximum absolute atomic E-state index is 5.96. The molecule has 0 saturated carbocycles. The minimum Gasteiger partial charge on any atom is -0.382 e. The van der Waals surface area contributed by atoms with Crippen LogP contribution in [0.2, 0.25) is 0 Å². The van der Waals surface area contributed by atoms with E-state index >= 15 is 0 Å². The number of nitrogens with zero attached hydrogens (tertiary/aromatic N) is 3. The zero-order valence-corrected chi connectivity index (χ0v) is 12.8. The van der Waals surface area contributed by atoms with Crippen molar-refractivity contribution in [2.75, 3.05) is 5.73 Å². The van der Waals surface area contributed by atoms with Crippen molar-refractivity contribution in [3.05, 3.63) is 57.8 Å². The molecule has 0 bridgehead atoms. The average Bonchev–Trinajstić information content (AvgIpc) is 2.94. The summed E-state index contributed by atoms with van der Waals surface area (Å²) in [6, 6.07) is 10.1. The minimum atomic E-state index is 0.495. The molecular weight excluding hydrogens is 280 g/mol. The number of anilines is 1. The van der Waals surface area contributed by atoms with E-state index in [0.717, 1.165) is 33.3 Å². The lowest BCUT2D eigenvalue weighted by molar-refractivity contribution is 0.963. The second-order valence-electron chi connectivity index (χ2n) is 4.90. The lowest BCUT2D eigenvalue weighted by Crippen LogP contribution is -2.05. The number of nitrogen functional groups attached to an aromatic ring is 1. The summed E-state index contributed by atoms with van der Waals surface area (Å²) in [6.45, 7) is 3.86. The molecular formula is C16H16N4S. The molecule has 2 heterocycles. The van der Waals surface area contributed by atoms with Crippen LogP contribution in [0, 0.1) is 13.8 Å². The normalized spacial score (nSPS) is 10.8. The van der Waals surface area contributed by atoms with Crippen molar-refractivity contribution in [2.45, 2.75) is 20.3 Å². The van der Waals surface area contributed by atoms with Crippen LogP contribution in [-0.4, -0.2) is 15.0 Å². The molecule has 0 aliphatic carbocycles. The summed E-state index contributed by atoms with van der Waals surface area (Å²) in [6.07, 6.45) is 0.622. The fraction of sp³-hybridized carbons (Fsp3) is 0.188. The molecule has 0 saturated heterocycles. The Balaban J connectivity index is 1.87. The Bertz CT molecular complexity index is 765. The van der Waals surface area contributed by atoms with Crippen LogP contribution >= 0.6 is 11.3 Å². The van der Waals surface area contributed by atoms with Gasteiger partial charge in [-0.05, 0) is 13.8 Å². The van der Waals surface area contributed by atoms with Crippen LogP contribution in [0.25, 0.3) is 11.3 Å². The number of aryl methyl sites for hydroxylation is 2. The molecule has 4 nitrogen and oxygen atoms in total. The van der Waals surface area contributed by atoms with Crippen molar-refractivity contribution < 1.29 is 0 Å². The lowest BCUT2D eigenvalue weighted by atomic mass is 10.2. The Labute approximate surface area is 127 Å². The van der Waals surface area contributed by atoms with E-state index < -0.39 is 0 Å². The first-order valence-electron chi connectivity index (χ1n) is 6.73. The van der Waals surface area contributed by atoms with E-state index in [1.807, 2.05) is 32.0 Å². The Morgan fingerprint density at radius 2 is 1.71 bits per heavy atom. The van der Waals surface area contributed by atoms with Gasteiger partial charge in [0, 0.05) is 17.4 Å². The molecule has 1 aromatic carbocycles. The first-order chi connectivity index (χ1) is 10.1. The van der Waals surface area contributed by atoms with Crippen LogP contribution in [-0.2, 0) is 6.42 Å². The molecule has 21 heavy (non-hydrogen) atoms. The highest BCUT2D eigenvalue weighted by Crippen LogP contribution is 2.24. The van der Waals surface area contributed by atoms with Crippen molar-refractivity contribution >= 4 is 17.2 Å². The van der Waals surface area contributed by atoms with Gasteiger partial charge < -0.3 is 5.73 Å². The van der Waals surface area contributed by atoms with Crippen LogP contribution in [0.4, 0.5) is 5.82 Å². The summed E-state index contributed by atoms with van der Waals surface area (Å²) in [7, 11) is 0. The number of hydrogen-bond acceptors (Lipinski definition) is 5.